The number of halogens is 2. The number of aromatic nitrogens is 2. The van der Waals surface area contributed by atoms with E-state index >= 15 is 0 Å². The van der Waals surface area contributed by atoms with Gasteiger partial charge in [0.1, 0.15) is 5.82 Å². The first-order chi connectivity index (χ1) is 12.7. The monoisotopic (exact) mass is 387 g/mol. The minimum atomic E-state index is -0.244. The number of hydrogen-bond acceptors (Lipinski definition) is 2. The minimum Gasteiger partial charge on any atom is -1.00 e. The van der Waals surface area contributed by atoms with Gasteiger partial charge < -0.3 is 17.7 Å². The molecule has 4 nitrogen and oxygen atoms in total. The van der Waals surface area contributed by atoms with Crippen molar-refractivity contribution in [2.45, 2.75) is 31.7 Å². The van der Waals surface area contributed by atoms with Crippen molar-refractivity contribution in [3.05, 3.63) is 76.0 Å². The molecule has 0 spiro atoms. The van der Waals surface area contributed by atoms with E-state index in [9.17, 15) is 9.18 Å². The third-order valence-electron chi connectivity index (χ3n) is 5.19. The second-order valence-electron chi connectivity index (χ2n) is 7.00. The third kappa shape index (κ3) is 4.20. The lowest BCUT2D eigenvalue weighted by Gasteiger charge is -2.18. The van der Waals surface area contributed by atoms with E-state index in [2.05, 4.69) is 5.32 Å². The number of fused-ring (bicyclic) bond motifs is 1. The SMILES string of the molecule is O=c1c2ccccc2c(Cc2ccc(F)cc2)nn1C1CCC[NH2+]CC1.[Cl-]. The fourth-order valence-corrected chi connectivity index (χ4v) is 3.79. The van der Waals surface area contributed by atoms with Crippen molar-refractivity contribution in [3.8, 4) is 0 Å². The smallest absolute Gasteiger partial charge is 0.274 e. The average Bonchev–Trinajstić information content (AvgIpc) is 2.95. The lowest BCUT2D eigenvalue weighted by atomic mass is 10.0. The van der Waals surface area contributed by atoms with Gasteiger partial charge in [0.05, 0.1) is 30.2 Å². The third-order valence-corrected chi connectivity index (χ3v) is 5.19. The number of quaternary nitrogens is 1. The molecule has 1 aliphatic heterocycles. The van der Waals surface area contributed by atoms with Crippen molar-refractivity contribution in [2.24, 2.45) is 0 Å². The van der Waals surface area contributed by atoms with Crippen molar-refractivity contribution in [1.29, 1.82) is 0 Å². The van der Waals surface area contributed by atoms with Crippen LogP contribution < -0.4 is 23.3 Å². The highest BCUT2D eigenvalue weighted by atomic mass is 35.5. The van der Waals surface area contributed by atoms with Crippen molar-refractivity contribution in [2.75, 3.05) is 13.1 Å². The summed E-state index contributed by atoms with van der Waals surface area (Å²) in [6.45, 7) is 2.14. The zero-order chi connectivity index (χ0) is 17.9. The summed E-state index contributed by atoms with van der Waals surface area (Å²) in [6.07, 6.45) is 3.62. The second-order valence-corrected chi connectivity index (χ2v) is 7.00. The van der Waals surface area contributed by atoms with Crippen LogP contribution in [-0.2, 0) is 6.42 Å². The molecular formula is C21H23ClFN3O. The zero-order valence-corrected chi connectivity index (χ0v) is 15.8. The molecule has 1 aromatic heterocycles. The number of hydrogen-bond donors (Lipinski definition) is 1. The topological polar surface area (TPSA) is 51.5 Å². The van der Waals surface area contributed by atoms with Gasteiger partial charge >= 0.3 is 0 Å². The van der Waals surface area contributed by atoms with Gasteiger partial charge in [-0.15, -0.1) is 0 Å². The fraction of sp³-hybridized carbons (Fsp3) is 0.333. The zero-order valence-electron chi connectivity index (χ0n) is 15.1. The van der Waals surface area contributed by atoms with E-state index in [-0.39, 0.29) is 29.8 Å². The summed E-state index contributed by atoms with van der Waals surface area (Å²) in [5.74, 6) is -0.244. The second kappa shape index (κ2) is 8.63. The molecule has 3 aromatic rings. The number of nitrogens with zero attached hydrogens (tertiary/aromatic N) is 2. The normalized spacial score (nSPS) is 17.3. The Kier molecular flexibility index (Phi) is 6.24. The Morgan fingerprint density at radius 3 is 2.56 bits per heavy atom. The van der Waals surface area contributed by atoms with Gasteiger partial charge in [-0.3, -0.25) is 4.79 Å². The van der Waals surface area contributed by atoms with E-state index in [1.54, 1.807) is 16.8 Å². The van der Waals surface area contributed by atoms with E-state index in [1.165, 1.54) is 12.1 Å². The number of benzene rings is 2. The summed E-state index contributed by atoms with van der Waals surface area (Å²) in [5, 5.41) is 8.69. The molecular weight excluding hydrogens is 365 g/mol. The summed E-state index contributed by atoms with van der Waals surface area (Å²) >= 11 is 0. The maximum Gasteiger partial charge on any atom is 0.274 e. The molecule has 2 N–H and O–H groups in total. The molecule has 1 unspecified atom stereocenters. The van der Waals surface area contributed by atoms with Crippen molar-refractivity contribution in [1.82, 2.24) is 9.78 Å². The highest BCUT2D eigenvalue weighted by Gasteiger charge is 2.20. The molecule has 0 aliphatic carbocycles. The Balaban J connectivity index is 0.00000210. The van der Waals surface area contributed by atoms with Crippen LogP contribution in [0.1, 0.15) is 36.6 Å². The van der Waals surface area contributed by atoms with Crippen LogP contribution in [0.2, 0.25) is 0 Å². The van der Waals surface area contributed by atoms with Crippen molar-refractivity contribution < 1.29 is 22.1 Å². The molecule has 1 saturated heterocycles. The summed E-state index contributed by atoms with van der Waals surface area (Å²) < 4.78 is 14.9. The van der Waals surface area contributed by atoms with E-state index < -0.39 is 0 Å². The molecule has 2 aromatic carbocycles. The standard InChI is InChI=1S/C21H22FN3O.ClH/c22-16-9-7-15(8-10-16)14-20-18-5-1-2-6-19(18)21(26)25(24-20)17-4-3-12-23-13-11-17;/h1-2,5-10,17,23H,3-4,11-14H2;1H. The quantitative estimate of drug-likeness (QED) is 0.653. The maximum absolute atomic E-state index is 13.2. The van der Waals surface area contributed by atoms with Gasteiger partial charge in [0.15, 0.2) is 0 Å². The van der Waals surface area contributed by atoms with Crippen LogP contribution in [0.4, 0.5) is 4.39 Å². The summed E-state index contributed by atoms with van der Waals surface area (Å²) in [6, 6.07) is 14.3. The van der Waals surface area contributed by atoms with Crippen LogP contribution in [0.3, 0.4) is 0 Å². The first-order valence-corrected chi connectivity index (χ1v) is 9.29. The Labute approximate surface area is 163 Å². The molecule has 0 bridgehead atoms. The first-order valence-electron chi connectivity index (χ1n) is 9.29. The largest absolute Gasteiger partial charge is 1.00 e. The molecule has 4 rings (SSSR count). The van der Waals surface area contributed by atoms with E-state index in [0.717, 1.165) is 49.0 Å². The Morgan fingerprint density at radius 1 is 1.04 bits per heavy atom. The van der Waals surface area contributed by atoms with Gasteiger partial charge in [-0.1, -0.05) is 30.3 Å². The summed E-state index contributed by atoms with van der Waals surface area (Å²) in [7, 11) is 0. The average molecular weight is 388 g/mol. The maximum atomic E-state index is 13.2. The van der Waals surface area contributed by atoms with Crippen LogP contribution in [0.5, 0.6) is 0 Å². The molecule has 1 fully saturated rings. The molecule has 142 valence electrons. The first kappa shape index (κ1) is 19.5. The molecule has 0 amide bonds. The molecule has 1 aliphatic rings. The molecule has 27 heavy (non-hydrogen) atoms. The molecule has 0 saturated carbocycles. The lowest BCUT2D eigenvalue weighted by Crippen LogP contribution is -3.00. The van der Waals surface area contributed by atoms with Gasteiger partial charge in [-0.2, -0.15) is 5.10 Å². The van der Waals surface area contributed by atoms with Gasteiger partial charge in [-0.25, -0.2) is 9.07 Å². The molecule has 6 heteroatoms. The van der Waals surface area contributed by atoms with E-state index in [1.807, 2.05) is 24.3 Å². The number of rotatable bonds is 3. The van der Waals surface area contributed by atoms with E-state index in [4.69, 9.17) is 5.10 Å². The van der Waals surface area contributed by atoms with Gasteiger partial charge in [0.25, 0.3) is 5.56 Å². The Morgan fingerprint density at radius 2 is 1.78 bits per heavy atom. The molecule has 2 heterocycles. The van der Waals surface area contributed by atoms with Crippen LogP contribution in [0.15, 0.2) is 53.3 Å². The Hall–Kier alpha value is -2.24. The summed E-state index contributed by atoms with van der Waals surface area (Å²) in [4.78, 5) is 13.0. The predicted octanol–water partition coefficient (Wildman–Crippen LogP) is -0.581. The predicted molar refractivity (Wildman–Crippen MR) is 99.8 cm³/mol. The highest BCUT2D eigenvalue weighted by molar-refractivity contribution is 5.83. The highest BCUT2D eigenvalue weighted by Crippen LogP contribution is 2.21. The lowest BCUT2D eigenvalue weighted by molar-refractivity contribution is -0.653. The Bertz CT molecular complexity index is 963. The van der Waals surface area contributed by atoms with Crippen molar-refractivity contribution in [3.63, 3.8) is 0 Å². The van der Waals surface area contributed by atoms with Crippen LogP contribution in [0, 0.1) is 5.82 Å². The van der Waals surface area contributed by atoms with Gasteiger partial charge in [0, 0.05) is 18.2 Å². The number of nitrogens with two attached hydrogens (primary N) is 1. The van der Waals surface area contributed by atoms with Gasteiger partial charge in [-0.05, 0) is 36.6 Å². The molecule has 0 radical (unpaired) electrons. The van der Waals surface area contributed by atoms with E-state index in [0.29, 0.717) is 11.8 Å². The minimum absolute atomic E-state index is 0. The van der Waals surface area contributed by atoms with Crippen LogP contribution >= 0.6 is 0 Å². The fourth-order valence-electron chi connectivity index (χ4n) is 3.79. The van der Waals surface area contributed by atoms with Crippen LogP contribution in [-0.4, -0.2) is 22.9 Å². The van der Waals surface area contributed by atoms with Crippen LogP contribution in [0.25, 0.3) is 10.8 Å². The summed E-state index contributed by atoms with van der Waals surface area (Å²) in [5.41, 5.74) is 1.86. The van der Waals surface area contributed by atoms with Crippen molar-refractivity contribution >= 4 is 10.8 Å². The molecule has 1 atom stereocenters. The van der Waals surface area contributed by atoms with Gasteiger partial charge in [0.2, 0.25) is 0 Å².